The van der Waals surface area contributed by atoms with E-state index in [2.05, 4.69) is 10.6 Å². The highest BCUT2D eigenvalue weighted by Gasteiger charge is 2.23. The lowest BCUT2D eigenvalue weighted by atomic mass is 10.1. The van der Waals surface area contributed by atoms with Gasteiger partial charge < -0.3 is 25.6 Å². The van der Waals surface area contributed by atoms with Gasteiger partial charge in [0.05, 0.1) is 0 Å². The number of amides is 2. The summed E-state index contributed by atoms with van der Waals surface area (Å²) in [6.07, 6.45) is -0.328. The molecule has 0 aromatic heterocycles. The zero-order chi connectivity index (χ0) is 18.0. The molecular weight excluding hydrogens is 308 g/mol. The number of Topliss-reactive ketones (excluding diaryl/α,β-unsaturated/α-hetero) is 1. The molecule has 9 nitrogen and oxygen atoms in total. The molecule has 0 aliphatic carbocycles. The molecule has 9 heteroatoms. The van der Waals surface area contributed by atoms with Crippen molar-refractivity contribution in [1.29, 1.82) is 0 Å². The maximum absolute atomic E-state index is 11.7. The Bertz CT molecular complexity index is 476. The zero-order valence-electron chi connectivity index (χ0n) is 13.1. The van der Waals surface area contributed by atoms with Gasteiger partial charge >= 0.3 is 11.9 Å². The van der Waals surface area contributed by atoms with Crippen molar-refractivity contribution in [2.45, 2.75) is 58.0 Å². The standard InChI is InChI=1S/C14H22N2O7/c1-3-11(18)15-10(14(22)23)6-7-12(19)16-9(13(20)21)5-4-8(2)17/h9-10H,3-7H2,1-2H3,(H,15,18)(H,16,19)(H,20,21)(H,22,23)/t9-,10-/m0/s1. The average molecular weight is 330 g/mol. The van der Waals surface area contributed by atoms with E-state index in [0.717, 1.165) is 0 Å². The Kier molecular flexibility index (Phi) is 9.21. The van der Waals surface area contributed by atoms with Gasteiger partial charge in [-0.1, -0.05) is 6.92 Å². The molecule has 0 unspecified atom stereocenters. The first kappa shape index (κ1) is 20.6. The number of nitrogens with one attached hydrogen (secondary N) is 2. The summed E-state index contributed by atoms with van der Waals surface area (Å²) in [4.78, 5) is 55.8. The Morgan fingerprint density at radius 1 is 0.826 bits per heavy atom. The fourth-order valence-corrected chi connectivity index (χ4v) is 1.70. The molecule has 0 aliphatic rings. The van der Waals surface area contributed by atoms with Gasteiger partial charge in [-0.2, -0.15) is 0 Å². The highest BCUT2D eigenvalue weighted by atomic mass is 16.4. The molecule has 0 aromatic carbocycles. The van der Waals surface area contributed by atoms with Crippen molar-refractivity contribution in [3.63, 3.8) is 0 Å². The van der Waals surface area contributed by atoms with Crippen molar-refractivity contribution in [2.24, 2.45) is 0 Å². The van der Waals surface area contributed by atoms with Crippen LogP contribution in [0.1, 0.15) is 46.0 Å². The number of hydrogen-bond acceptors (Lipinski definition) is 5. The number of ketones is 1. The van der Waals surface area contributed by atoms with E-state index < -0.39 is 35.8 Å². The molecule has 2 amide bonds. The summed E-state index contributed by atoms with van der Waals surface area (Å²) in [5.74, 6) is -3.85. The van der Waals surface area contributed by atoms with Crippen molar-refractivity contribution in [2.75, 3.05) is 0 Å². The average Bonchev–Trinajstić information content (AvgIpc) is 2.46. The quantitative estimate of drug-likeness (QED) is 0.405. The zero-order valence-corrected chi connectivity index (χ0v) is 13.1. The Balaban J connectivity index is 4.48. The minimum atomic E-state index is -1.27. The Morgan fingerprint density at radius 3 is 1.65 bits per heavy atom. The van der Waals surface area contributed by atoms with Crippen LogP contribution in [0.15, 0.2) is 0 Å². The van der Waals surface area contributed by atoms with Crippen LogP contribution in [0.25, 0.3) is 0 Å². The first-order valence-electron chi connectivity index (χ1n) is 7.21. The van der Waals surface area contributed by atoms with Gasteiger partial charge in [0.15, 0.2) is 0 Å². The summed E-state index contributed by atoms with van der Waals surface area (Å²) < 4.78 is 0. The largest absolute Gasteiger partial charge is 0.480 e. The normalized spacial score (nSPS) is 12.8. The monoisotopic (exact) mass is 330 g/mol. The predicted molar refractivity (Wildman–Crippen MR) is 78.6 cm³/mol. The van der Waals surface area contributed by atoms with Crippen molar-refractivity contribution in [3.05, 3.63) is 0 Å². The molecule has 0 aliphatic heterocycles. The molecule has 0 fully saturated rings. The third-order valence-corrected chi connectivity index (χ3v) is 3.03. The highest BCUT2D eigenvalue weighted by molar-refractivity contribution is 5.86. The SMILES string of the molecule is CCC(=O)N[C@@H](CCC(=O)N[C@@H](CCC(C)=O)C(=O)O)C(=O)O. The number of carbonyl (C=O) groups excluding carboxylic acids is 3. The lowest BCUT2D eigenvalue weighted by molar-refractivity contribution is -0.143. The van der Waals surface area contributed by atoms with Gasteiger partial charge in [0.1, 0.15) is 17.9 Å². The predicted octanol–water partition coefficient (Wildman–Crippen LogP) is -0.315. The van der Waals surface area contributed by atoms with E-state index in [1.54, 1.807) is 6.92 Å². The van der Waals surface area contributed by atoms with Gasteiger partial charge in [-0.05, 0) is 19.8 Å². The van der Waals surface area contributed by atoms with Crippen LogP contribution in [0.5, 0.6) is 0 Å². The maximum Gasteiger partial charge on any atom is 0.326 e. The molecule has 0 aromatic rings. The molecule has 2 atom stereocenters. The lowest BCUT2D eigenvalue weighted by Gasteiger charge is -2.16. The van der Waals surface area contributed by atoms with Gasteiger partial charge in [-0.15, -0.1) is 0 Å². The van der Waals surface area contributed by atoms with Crippen molar-refractivity contribution in [1.82, 2.24) is 10.6 Å². The van der Waals surface area contributed by atoms with Gasteiger partial charge in [-0.3, -0.25) is 9.59 Å². The smallest absolute Gasteiger partial charge is 0.326 e. The van der Waals surface area contributed by atoms with E-state index >= 15 is 0 Å². The van der Waals surface area contributed by atoms with E-state index in [0.29, 0.717) is 0 Å². The molecule has 0 heterocycles. The van der Waals surface area contributed by atoms with E-state index in [9.17, 15) is 24.0 Å². The second kappa shape index (κ2) is 10.3. The summed E-state index contributed by atoms with van der Waals surface area (Å²) in [6, 6.07) is -2.42. The van der Waals surface area contributed by atoms with E-state index in [1.807, 2.05) is 0 Å². The number of rotatable bonds is 11. The molecular formula is C14H22N2O7. The molecule has 4 N–H and O–H groups in total. The molecule has 130 valence electrons. The summed E-state index contributed by atoms with van der Waals surface area (Å²) >= 11 is 0. The number of carbonyl (C=O) groups is 5. The molecule has 0 saturated heterocycles. The van der Waals surface area contributed by atoms with Crippen LogP contribution in [-0.4, -0.2) is 51.8 Å². The first-order chi connectivity index (χ1) is 10.7. The minimum Gasteiger partial charge on any atom is -0.480 e. The summed E-state index contributed by atoms with van der Waals surface area (Å²) in [7, 11) is 0. The number of aliphatic carboxylic acids is 2. The minimum absolute atomic E-state index is 0.0154. The Morgan fingerprint density at radius 2 is 1.26 bits per heavy atom. The molecule has 0 saturated carbocycles. The Labute approximate surface area is 133 Å². The second-order valence-electron chi connectivity index (χ2n) is 5.05. The third-order valence-electron chi connectivity index (χ3n) is 3.03. The fourth-order valence-electron chi connectivity index (χ4n) is 1.70. The number of carboxylic acid groups (broad SMARTS) is 2. The molecule has 23 heavy (non-hydrogen) atoms. The fraction of sp³-hybridized carbons (Fsp3) is 0.643. The van der Waals surface area contributed by atoms with Crippen LogP contribution < -0.4 is 10.6 Å². The van der Waals surface area contributed by atoms with Crippen molar-refractivity contribution < 1.29 is 34.2 Å². The van der Waals surface area contributed by atoms with E-state index in [-0.39, 0.29) is 37.9 Å². The van der Waals surface area contributed by atoms with Crippen LogP contribution in [0.3, 0.4) is 0 Å². The summed E-state index contributed by atoms with van der Waals surface area (Å²) in [5, 5.41) is 22.4. The van der Waals surface area contributed by atoms with Gasteiger partial charge in [-0.25, -0.2) is 9.59 Å². The molecule has 0 spiro atoms. The van der Waals surface area contributed by atoms with E-state index in [1.165, 1.54) is 6.92 Å². The number of hydrogen-bond donors (Lipinski definition) is 4. The maximum atomic E-state index is 11.7. The van der Waals surface area contributed by atoms with E-state index in [4.69, 9.17) is 10.2 Å². The van der Waals surface area contributed by atoms with Crippen molar-refractivity contribution in [3.8, 4) is 0 Å². The highest BCUT2D eigenvalue weighted by Crippen LogP contribution is 2.03. The van der Waals surface area contributed by atoms with Crippen LogP contribution in [-0.2, 0) is 24.0 Å². The lowest BCUT2D eigenvalue weighted by Crippen LogP contribution is -2.43. The molecule has 0 rings (SSSR count). The Hall–Kier alpha value is -2.45. The first-order valence-corrected chi connectivity index (χ1v) is 7.21. The van der Waals surface area contributed by atoms with Crippen molar-refractivity contribution >= 4 is 29.5 Å². The number of carboxylic acids is 2. The van der Waals surface area contributed by atoms with Gasteiger partial charge in [0, 0.05) is 19.3 Å². The topological polar surface area (TPSA) is 150 Å². The third kappa shape index (κ3) is 9.22. The summed E-state index contributed by atoms with van der Waals surface area (Å²) in [6.45, 7) is 2.88. The van der Waals surface area contributed by atoms with Crippen LogP contribution in [0.4, 0.5) is 0 Å². The molecule has 0 bridgehead atoms. The summed E-state index contributed by atoms with van der Waals surface area (Å²) in [5.41, 5.74) is 0. The van der Waals surface area contributed by atoms with Gasteiger partial charge in [0.25, 0.3) is 0 Å². The van der Waals surface area contributed by atoms with Gasteiger partial charge in [0.2, 0.25) is 11.8 Å². The van der Waals surface area contributed by atoms with Crippen LogP contribution in [0.2, 0.25) is 0 Å². The molecule has 0 radical (unpaired) electrons. The second-order valence-corrected chi connectivity index (χ2v) is 5.05. The van der Waals surface area contributed by atoms with Crippen LogP contribution >= 0.6 is 0 Å². The van der Waals surface area contributed by atoms with Crippen LogP contribution in [0, 0.1) is 0 Å².